The number of hydrogen-bond acceptors (Lipinski definition) is 1. The van der Waals surface area contributed by atoms with Gasteiger partial charge in [-0.25, -0.2) is 0 Å². The molecular weight excluding hydrogens is 194 g/mol. The first-order chi connectivity index (χ1) is 7.66. The van der Waals surface area contributed by atoms with Crippen LogP contribution < -0.4 is 5.32 Å². The molecule has 1 aliphatic rings. The molecule has 0 radical (unpaired) electrons. The Kier molecular flexibility index (Phi) is 3.65. The second kappa shape index (κ2) is 5.01. The number of rotatable bonds is 5. The van der Waals surface area contributed by atoms with Gasteiger partial charge in [0.15, 0.2) is 0 Å². The van der Waals surface area contributed by atoms with Crippen molar-refractivity contribution in [1.29, 1.82) is 0 Å². The zero-order valence-corrected chi connectivity index (χ0v) is 10.6. The Balaban J connectivity index is 2.02. The minimum Gasteiger partial charge on any atom is -0.307 e. The fourth-order valence-corrected chi connectivity index (χ4v) is 2.27. The van der Waals surface area contributed by atoms with E-state index in [1.807, 2.05) is 0 Å². The van der Waals surface area contributed by atoms with Gasteiger partial charge in [-0.1, -0.05) is 51.1 Å². The van der Waals surface area contributed by atoms with E-state index < -0.39 is 0 Å². The van der Waals surface area contributed by atoms with E-state index in [1.165, 1.54) is 18.4 Å². The molecule has 1 fully saturated rings. The molecule has 0 aromatic heterocycles. The third-order valence-electron chi connectivity index (χ3n) is 3.43. The molecule has 0 heterocycles. The normalized spacial score (nSPS) is 25.8. The molecule has 0 aliphatic heterocycles. The van der Waals surface area contributed by atoms with Gasteiger partial charge in [0.2, 0.25) is 0 Å². The summed E-state index contributed by atoms with van der Waals surface area (Å²) in [6.07, 6.45) is 2.58. The zero-order valence-electron chi connectivity index (χ0n) is 10.6. The van der Waals surface area contributed by atoms with E-state index in [4.69, 9.17) is 0 Å². The van der Waals surface area contributed by atoms with Gasteiger partial charge in [-0.15, -0.1) is 0 Å². The van der Waals surface area contributed by atoms with E-state index in [0.29, 0.717) is 6.04 Å². The first kappa shape index (κ1) is 11.7. The number of nitrogens with one attached hydrogen (secondary N) is 1. The molecule has 16 heavy (non-hydrogen) atoms. The lowest BCUT2D eigenvalue weighted by Crippen LogP contribution is -2.25. The van der Waals surface area contributed by atoms with Gasteiger partial charge < -0.3 is 5.32 Å². The average Bonchev–Trinajstić information content (AvgIpc) is 2.94. The van der Waals surface area contributed by atoms with Gasteiger partial charge in [0.05, 0.1) is 0 Å². The summed E-state index contributed by atoms with van der Waals surface area (Å²) < 4.78 is 0. The van der Waals surface area contributed by atoms with Crippen molar-refractivity contribution in [1.82, 2.24) is 5.32 Å². The Hall–Kier alpha value is -0.820. The first-order valence-corrected chi connectivity index (χ1v) is 6.48. The van der Waals surface area contributed by atoms with Crippen LogP contribution in [0.4, 0.5) is 0 Å². The number of benzene rings is 1. The summed E-state index contributed by atoms with van der Waals surface area (Å²) >= 11 is 0. The van der Waals surface area contributed by atoms with Crippen molar-refractivity contribution in [3.8, 4) is 0 Å². The third kappa shape index (κ3) is 3.08. The lowest BCUT2D eigenvalue weighted by molar-refractivity contribution is 0.421. The molecule has 0 amide bonds. The van der Waals surface area contributed by atoms with E-state index in [2.05, 4.69) is 56.4 Å². The molecule has 3 atom stereocenters. The van der Waals surface area contributed by atoms with Gasteiger partial charge >= 0.3 is 0 Å². The van der Waals surface area contributed by atoms with Crippen LogP contribution in [0.1, 0.15) is 45.2 Å². The van der Waals surface area contributed by atoms with E-state index in [1.54, 1.807) is 0 Å². The standard InChI is InChI=1S/C15H23N/c1-11(2)9-15(16-14-10-12(14)3)13-7-5-4-6-8-13/h4-8,11-12,14-16H,9-10H2,1-3H3. The van der Waals surface area contributed by atoms with E-state index >= 15 is 0 Å². The highest BCUT2D eigenvalue weighted by Gasteiger charge is 2.34. The topological polar surface area (TPSA) is 12.0 Å². The van der Waals surface area contributed by atoms with Crippen LogP contribution in [-0.4, -0.2) is 6.04 Å². The molecule has 1 saturated carbocycles. The Bertz CT molecular complexity index is 317. The van der Waals surface area contributed by atoms with Gasteiger partial charge in [-0.3, -0.25) is 0 Å². The maximum Gasteiger partial charge on any atom is 0.0325 e. The van der Waals surface area contributed by atoms with Gasteiger partial charge in [0.25, 0.3) is 0 Å². The van der Waals surface area contributed by atoms with Crippen LogP contribution >= 0.6 is 0 Å². The lowest BCUT2D eigenvalue weighted by atomic mass is 9.97. The van der Waals surface area contributed by atoms with Crippen LogP contribution in [0.5, 0.6) is 0 Å². The maximum absolute atomic E-state index is 3.79. The highest BCUT2D eigenvalue weighted by atomic mass is 15.0. The molecule has 1 N–H and O–H groups in total. The predicted molar refractivity (Wildman–Crippen MR) is 69.3 cm³/mol. The molecule has 1 heteroatoms. The van der Waals surface area contributed by atoms with Crippen LogP contribution in [0, 0.1) is 11.8 Å². The van der Waals surface area contributed by atoms with Crippen molar-refractivity contribution in [2.75, 3.05) is 0 Å². The summed E-state index contributed by atoms with van der Waals surface area (Å²) in [6, 6.07) is 12.2. The Labute approximate surface area is 99.3 Å². The molecule has 1 aromatic carbocycles. The van der Waals surface area contributed by atoms with Crippen molar-refractivity contribution in [3.05, 3.63) is 35.9 Å². The fraction of sp³-hybridized carbons (Fsp3) is 0.600. The van der Waals surface area contributed by atoms with Crippen LogP contribution in [0.25, 0.3) is 0 Å². The minimum absolute atomic E-state index is 0.538. The van der Waals surface area contributed by atoms with E-state index in [9.17, 15) is 0 Å². The molecule has 0 spiro atoms. The maximum atomic E-state index is 3.79. The van der Waals surface area contributed by atoms with Gasteiger partial charge in [0.1, 0.15) is 0 Å². The van der Waals surface area contributed by atoms with Crippen LogP contribution in [-0.2, 0) is 0 Å². The largest absolute Gasteiger partial charge is 0.307 e. The average molecular weight is 217 g/mol. The lowest BCUT2D eigenvalue weighted by Gasteiger charge is -2.21. The van der Waals surface area contributed by atoms with Crippen molar-refractivity contribution < 1.29 is 0 Å². The van der Waals surface area contributed by atoms with Crippen molar-refractivity contribution in [3.63, 3.8) is 0 Å². The van der Waals surface area contributed by atoms with Gasteiger partial charge in [-0.2, -0.15) is 0 Å². The second-order valence-corrected chi connectivity index (χ2v) is 5.58. The fourth-order valence-electron chi connectivity index (χ4n) is 2.27. The Morgan fingerprint density at radius 1 is 1.25 bits per heavy atom. The van der Waals surface area contributed by atoms with Gasteiger partial charge in [0, 0.05) is 12.1 Å². The smallest absolute Gasteiger partial charge is 0.0325 e. The molecule has 1 aromatic rings. The summed E-state index contributed by atoms with van der Waals surface area (Å²) in [4.78, 5) is 0. The quantitative estimate of drug-likeness (QED) is 0.791. The van der Waals surface area contributed by atoms with Gasteiger partial charge in [-0.05, 0) is 30.2 Å². The van der Waals surface area contributed by atoms with Crippen LogP contribution in [0.2, 0.25) is 0 Å². The number of hydrogen-bond donors (Lipinski definition) is 1. The molecule has 1 nitrogen and oxygen atoms in total. The zero-order chi connectivity index (χ0) is 11.5. The van der Waals surface area contributed by atoms with Crippen LogP contribution in [0.15, 0.2) is 30.3 Å². The molecule has 0 bridgehead atoms. The molecule has 0 saturated heterocycles. The van der Waals surface area contributed by atoms with Crippen LogP contribution in [0.3, 0.4) is 0 Å². The first-order valence-electron chi connectivity index (χ1n) is 6.48. The van der Waals surface area contributed by atoms with Crippen molar-refractivity contribution in [2.24, 2.45) is 11.8 Å². The SMILES string of the molecule is CC(C)CC(NC1CC1C)c1ccccc1. The third-order valence-corrected chi connectivity index (χ3v) is 3.43. The molecule has 88 valence electrons. The summed E-state index contributed by atoms with van der Waals surface area (Å²) in [5.41, 5.74) is 1.44. The Morgan fingerprint density at radius 3 is 2.38 bits per heavy atom. The summed E-state index contributed by atoms with van der Waals surface area (Å²) in [7, 11) is 0. The summed E-state index contributed by atoms with van der Waals surface area (Å²) in [6.45, 7) is 6.93. The van der Waals surface area contributed by atoms with E-state index in [0.717, 1.165) is 17.9 Å². The molecular formula is C15H23N. The van der Waals surface area contributed by atoms with Crippen molar-refractivity contribution in [2.45, 2.75) is 45.7 Å². The second-order valence-electron chi connectivity index (χ2n) is 5.58. The minimum atomic E-state index is 0.538. The molecule has 2 rings (SSSR count). The summed E-state index contributed by atoms with van der Waals surface area (Å²) in [5.74, 6) is 1.62. The molecule has 1 aliphatic carbocycles. The van der Waals surface area contributed by atoms with E-state index in [-0.39, 0.29) is 0 Å². The predicted octanol–water partition coefficient (Wildman–Crippen LogP) is 3.77. The summed E-state index contributed by atoms with van der Waals surface area (Å²) in [5, 5.41) is 3.79. The molecule has 3 unspecified atom stereocenters. The monoisotopic (exact) mass is 217 g/mol. The van der Waals surface area contributed by atoms with Crippen molar-refractivity contribution >= 4 is 0 Å². The highest BCUT2D eigenvalue weighted by molar-refractivity contribution is 5.19. The highest BCUT2D eigenvalue weighted by Crippen LogP contribution is 2.33. The Morgan fingerprint density at radius 2 is 1.88 bits per heavy atom.